The van der Waals surface area contributed by atoms with Gasteiger partial charge in [-0.3, -0.25) is 0 Å². The number of aryl methyl sites for hydroxylation is 2. The largest absolute Gasteiger partial charge is 0.206 e. The molecule has 0 spiro atoms. The first-order valence-corrected chi connectivity index (χ1v) is 5.22. The van der Waals surface area contributed by atoms with Crippen LogP contribution in [0.4, 0.5) is 13.2 Å². The molecule has 2 rings (SSSR count). The maximum Gasteiger partial charge on any atom is 0.169 e. The number of hydrogen-bond donors (Lipinski definition) is 0. The maximum atomic E-state index is 13.6. The summed E-state index contributed by atoms with van der Waals surface area (Å²) in [7, 11) is 0. The Bertz CT molecular complexity index is 574. The Morgan fingerprint density at radius 3 is 2.18 bits per heavy atom. The van der Waals surface area contributed by atoms with Crippen molar-refractivity contribution in [2.45, 2.75) is 13.8 Å². The molecule has 0 amide bonds. The Hall–Kier alpha value is -1.77. The summed E-state index contributed by atoms with van der Waals surface area (Å²) < 4.78 is 40.4. The van der Waals surface area contributed by atoms with Gasteiger partial charge in [0, 0.05) is 0 Å². The summed E-state index contributed by atoms with van der Waals surface area (Å²) in [6.07, 6.45) is 0. The van der Waals surface area contributed by atoms with Crippen molar-refractivity contribution in [3.63, 3.8) is 0 Å². The topological polar surface area (TPSA) is 0 Å². The standard InChI is InChI=1S/C14H11F3/c1-8-3-4-9(2)10(7-8)13-11(15)5-6-12(16)14(13)17/h3-7H,1-2H3. The van der Waals surface area contributed by atoms with Crippen LogP contribution in [0, 0.1) is 31.3 Å². The summed E-state index contributed by atoms with van der Waals surface area (Å²) in [5.74, 6) is -2.93. The van der Waals surface area contributed by atoms with Crippen LogP contribution in [0.3, 0.4) is 0 Å². The zero-order valence-electron chi connectivity index (χ0n) is 9.52. The molecule has 0 N–H and O–H groups in total. The van der Waals surface area contributed by atoms with Gasteiger partial charge in [0.2, 0.25) is 0 Å². The fourth-order valence-corrected chi connectivity index (χ4v) is 1.78. The molecule has 0 unspecified atom stereocenters. The van der Waals surface area contributed by atoms with Crippen molar-refractivity contribution in [2.24, 2.45) is 0 Å². The van der Waals surface area contributed by atoms with Gasteiger partial charge in [-0.1, -0.05) is 23.8 Å². The summed E-state index contributed by atoms with van der Waals surface area (Å²) >= 11 is 0. The lowest BCUT2D eigenvalue weighted by Crippen LogP contribution is -1.96. The predicted molar refractivity (Wildman–Crippen MR) is 61.2 cm³/mol. The molecule has 0 fully saturated rings. The predicted octanol–water partition coefficient (Wildman–Crippen LogP) is 4.39. The molecule has 0 aliphatic heterocycles. The van der Waals surface area contributed by atoms with Crippen LogP contribution in [-0.2, 0) is 0 Å². The van der Waals surface area contributed by atoms with Gasteiger partial charge in [-0.05, 0) is 37.1 Å². The highest BCUT2D eigenvalue weighted by Crippen LogP contribution is 2.30. The zero-order valence-corrected chi connectivity index (χ0v) is 9.52. The first-order chi connectivity index (χ1) is 8.00. The fourth-order valence-electron chi connectivity index (χ4n) is 1.78. The van der Waals surface area contributed by atoms with Crippen LogP contribution in [0.5, 0.6) is 0 Å². The quantitative estimate of drug-likeness (QED) is 0.644. The lowest BCUT2D eigenvalue weighted by Gasteiger charge is -2.10. The molecule has 2 aromatic rings. The number of halogens is 3. The van der Waals surface area contributed by atoms with E-state index in [1.807, 2.05) is 13.0 Å². The van der Waals surface area contributed by atoms with Crippen LogP contribution in [0.15, 0.2) is 30.3 Å². The average Bonchev–Trinajstić information content (AvgIpc) is 2.29. The van der Waals surface area contributed by atoms with Gasteiger partial charge in [-0.2, -0.15) is 0 Å². The van der Waals surface area contributed by atoms with Gasteiger partial charge in [0.1, 0.15) is 5.82 Å². The van der Waals surface area contributed by atoms with E-state index in [1.165, 1.54) is 0 Å². The Labute approximate surface area is 97.7 Å². The molecule has 88 valence electrons. The van der Waals surface area contributed by atoms with Gasteiger partial charge < -0.3 is 0 Å². The normalized spacial score (nSPS) is 10.6. The van der Waals surface area contributed by atoms with E-state index in [0.717, 1.165) is 17.7 Å². The molecule has 0 bridgehead atoms. The van der Waals surface area contributed by atoms with Gasteiger partial charge >= 0.3 is 0 Å². The van der Waals surface area contributed by atoms with Gasteiger partial charge in [0.05, 0.1) is 5.56 Å². The third-order valence-corrected chi connectivity index (χ3v) is 2.71. The molecule has 0 atom stereocenters. The van der Waals surface area contributed by atoms with Crippen LogP contribution in [0.2, 0.25) is 0 Å². The minimum Gasteiger partial charge on any atom is -0.206 e. The lowest BCUT2D eigenvalue weighted by molar-refractivity contribution is 0.499. The fraction of sp³-hybridized carbons (Fsp3) is 0.143. The summed E-state index contributed by atoms with van der Waals surface area (Å²) in [4.78, 5) is 0. The molecule has 0 aromatic heterocycles. The van der Waals surface area contributed by atoms with Crippen molar-refractivity contribution in [2.75, 3.05) is 0 Å². The molecule has 0 nitrogen and oxygen atoms in total. The van der Waals surface area contributed by atoms with E-state index in [4.69, 9.17) is 0 Å². The lowest BCUT2D eigenvalue weighted by atomic mass is 9.97. The van der Waals surface area contributed by atoms with Crippen molar-refractivity contribution in [3.05, 3.63) is 58.9 Å². The molecule has 0 aliphatic rings. The Morgan fingerprint density at radius 1 is 0.824 bits per heavy atom. The summed E-state index contributed by atoms with van der Waals surface area (Å²) in [6, 6.07) is 6.98. The molecule has 17 heavy (non-hydrogen) atoms. The third kappa shape index (κ3) is 2.05. The van der Waals surface area contributed by atoms with Crippen LogP contribution >= 0.6 is 0 Å². The number of rotatable bonds is 1. The minimum absolute atomic E-state index is 0.300. The van der Waals surface area contributed by atoms with Gasteiger partial charge in [-0.15, -0.1) is 0 Å². The Balaban J connectivity index is 2.76. The second-order valence-electron chi connectivity index (χ2n) is 4.04. The van der Waals surface area contributed by atoms with Crippen molar-refractivity contribution in [1.29, 1.82) is 0 Å². The van der Waals surface area contributed by atoms with Crippen LogP contribution in [0.1, 0.15) is 11.1 Å². The second-order valence-corrected chi connectivity index (χ2v) is 4.04. The highest BCUT2D eigenvalue weighted by Gasteiger charge is 2.17. The highest BCUT2D eigenvalue weighted by atomic mass is 19.2. The molecule has 3 heteroatoms. The molecule has 0 heterocycles. The average molecular weight is 236 g/mol. The number of hydrogen-bond acceptors (Lipinski definition) is 0. The first-order valence-electron chi connectivity index (χ1n) is 5.22. The molecule has 0 aliphatic carbocycles. The smallest absolute Gasteiger partial charge is 0.169 e. The Kier molecular flexibility index (Phi) is 2.92. The first kappa shape index (κ1) is 11.7. The SMILES string of the molecule is Cc1ccc(C)c(-c2c(F)ccc(F)c2F)c1. The number of benzene rings is 2. The second kappa shape index (κ2) is 4.24. The van der Waals surface area contributed by atoms with Crippen molar-refractivity contribution in [1.82, 2.24) is 0 Å². The summed E-state index contributed by atoms with van der Waals surface area (Å²) in [6.45, 7) is 3.55. The molecule has 0 saturated carbocycles. The van der Waals surface area contributed by atoms with E-state index in [9.17, 15) is 13.2 Å². The van der Waals surface area contributed by atoms with E-state index < -0.39 is 17.5 Å². The van der Waals surface area contributed by atoms with Gasteiger partial charge in [0.25, 0.3) is 0 Å². The maximum absolute atomic E-state index is 13.6. The van der Waals surface area contributed by atoms with Crippen molar-refractivity contribution in [3.8, 4) is 11.1 Å². The zero-order chi connectivity index (χ0) is 12.6. The van der Waals surface area contributed by atoms with E-state index in [0.29, 0.717) is 11.1 Å². The minimum atomic E-state index is -1.14. The molecule has 0 radical (unpaired) electrons. The van der Waals surface area contributed by atoms with E-state index in [2.05, 4.69) is 0 Å². The van der Waals surface area contributed by atoms with Crippen LogP contribution in [-0.4, -0.2) is 0 Å². The summed E-state index contributed by atoms with van der Waals surface area (Å²) in [5, 5.41) is 0. The van der Waals surface area contributed by atoms with Gasteiger partial charge in [0.15, 0.2) is 11.6 Å². The molecule has 0 saturated heterocycles. The van der Waals surface area contributed by atoms with E-state index >= 15 is 0 Å². The molecular weight excluding hydrogens is 225 g/mol. The summed E-state index contributed by atoms with van der Waals surface area (Å²) in [5.41, 5.74) is 1.67. The van der Waals surface area contributed by atoms with Gasteiger partial charge in [-0.25, -0.2) is 13.2 Å². The Morgan fingerprint density at radius 2 is 1.47 bits per heavy atom. The molecular formula is C14H11F3. The van der Waals surface area contributed by atoms with E-state index in [1.54, 1.807) is 19.1 Å². The monoisotopic (exact) mass is 236 g/mol. The molecule has 2 aromatic carbocycles. The van der Waals surface area contributed by atoms with Crippen molar-refractivity contribution >= 4 is 0 Å². The van der Waals surface area contributed by atoms with Crippen LogP contribution in [0.25, 0.3) is 11.1 Å². The van der Waals surface area contributed by atoms with Crippen LogP contribution < -0.4 is 0 Å². The highest BCUT2D eigenvalue weighted by molar-refractivity contribution is 5.69. The van der Waals surface area contributed by atoms with Crippen molar-refractivity contribution < 1.29 is 13.2 Å². The van der Waals surface area contributed by atoms with E-state index in [-0.39, 0.29) is 5.56 Å². The third-order valence-electron chi connectivity index (χ3n) is 2.71.